The molecule has 156 valence electrons. The molecule has 1 aromatic rings. The van der Waals surface area contributed by atoms with E-state index in [0.29, 0.717) is 21.8 Å². The van der Waals surface area contributed by atoms with Crippen molar-refractivity contribution in [2.24, 2.45) is 0 Å². The van der Waals surface area contributed by atoms with Gasteiger partial charge in [0.15, 0.2) is 0 Å². The molecule has 1 atom stereocenters. The number of nitrogens with one attached hydrogen (secondary N) is 1. The van der Waals surface area contributed by atoms with Gasteiger partial charge in [0.2, 0.25) is 0 Å². The number of rotatable bonds is 2. The zero-order valence-electron chi connectivity index (χ0n) is 17.3. The van der Waals surface area contributed by atoms with Crippen molar-refractivity contribution in [3.63, 3.8) is 0 Å². The van der Waals surface area contributed by atoms with Gasteiger partial charge in [0.05, 0.1) is 37.8 Å². The molecule has 0 saturated carbocycles. The number of allylic oxidation sites excluding steroid dienone is 1. The van der Waals surface area contributed by atoms with E-state index in [4.69, 9.17) is 21.7 Å². The van der Waals surface area contributed by atoms with Gasteiger partial charge in [-0.2, -0.15) is 0 Å². The van der Waals surface area contributed by atoms with Crippen molar-refractivity contribution >= 4 is 29.0 Å². The first-order valence-corrected chi connectivity index (χ1v) is 9.97. The molecule has 1 saturated heterocycles. The Bertz CT molecular complexity index is 809. The number of thiocarbonyl (C=S) groups is 1. The van der Waals surface area contributed by atoms with Crippen LogP contribution < -0.4 is 10.6 Å². The Morgan fingerprint density at radius 3 is 2.55 bits per heavy atom. The Kier molecular flexibility index (Phi) is 8.22. The molecular weight excluding hydrogens is 388 g/mol. The number of hydrogen-bond donors (Lipinski definition) is 2. The number of pyridine rings is 1. The summed E-state index contributed by atoms with van der Waals surface area (Å²) in [5, 5.41) is 14.7. The summed E-state index contributed by atoms with van der Waals surface area (Å²) in [6, 6.07) is 3.58. The van der Waals surface area contributed by atoms with Gasteiger partial charge in [-0.1, -0.05) is 18.3 Å². The molecule has 3 N–H and O–H groups in total. The first-order chi connectivity index (χ1) is 13.7. The highest BCUT2D eigenvalue weighted by molar-refractivity contribution is 7.80. The molecule has 2 aliphatic heterocycles. The third-order valence-electron chi connectivity index (χ3n) is 4.22. The Morgan fingerprint density at radius 2 is 2.10 bits per heavy atom. The average molecular weight is 417 g/mol. The van der Waals surface area contributed by atoms with Crippen molar-refractivity contribution in [2.75, 3.05) is 26.3 Å². The number of esters is 1. The quantitative estimate of drug-likeness (QED) is 0.328. The van der Waals surface area contributed by atoms with Crippen LogP contribution in [-0.2, 0) is 14.3 Å². The van der Waals surface area contributed by atoms with Gasteiger partial charge >= 0.3 is 5.97 Å². The molecule has 0 spiro atoms. The van der Waals surface area contributed by atoms with E-state index in [1.165, 1.54) is 0 Å². The summed E-state index contributed by atoms with van der Waals surface area (Å²) in [6.07, 6.45) is 3.27. The van der Waals surface area contributed by atoms with Crippen LogP contribution in [-0.4, -0.2) is 53.7 Å². The van der Waals surface area contributed by atoms with E-state index >= 15 is 0 Å². The third kappa shape index (κ3) is 6.58. The van der Waals surface area contributed by atoms with Gasteiger partial charge in [0.1, 0.15) is 10.6 Å². The molecule has 1 unspecified atom stereocenters. The van der Waals surface area contributed by atoms with Gasteiger partial charge in [0.25, 0.3) is 0 Å². The summed E-state index contributed by atoms with van der Waals surface area (Å²) < 4.78 is 10.5. The molecule has 0 bridgehead atoms. The minimum atomic E-state index is -0.630. The summed E-state index contributed by atoms with van der Waals surface area (Å²) in [4.78, 5) is 17.1. The molecule has 8 heteroatoms. The van der Waals surface area contributed by atoms with Crippen LogP contribution in [0.2, 0.25) is 0 Å². The van der Waals surface area contributed by atoms with E-state index in [2.05, 4.69) is 21.5 Å². The number of carbonyl (C=O) groups excluding carboxylic acids is 1. The van der Waals surface area contributed by atoms with Crippen molar-refractivity contribution < 1.29 is 19.6 Å². The fourth-order valence-electron chi connectivity index (χ4n) is 2.98. The van der Waals surface area contributed by atoms with Gasteiger partial charge in [0, 0.05) is 23.7 Å². The molecule has 1 fully saturated rings. The van der Waals surface area contributed by atoms with E-state index in [-0.39, 0.29) is 0 Å². The third-order valence-corrected chi connectivity index (χ3v) is 4.54. The lowest BCUT2D eigenvalue weighted by Gasteiger charge is -2.32. The van der Waals surface area contributed by atoms with Crippen LogP contribution in [0, 0.1) is 0 Å². The average Bonchev–Trinajstić information content (AvgIpc) is 2.68. The molecule has 7 nitrogen and oxygen atoms in total. The first-order valence-electron chi connectivity index (χ1n) is 9.56. The fraction of sp³-hybridized carbons (Fsp3) is 0.476. The number of nitrogens with two attached hydrogens (primary N) is 1. The summed E-state index contributed by atoms with van der Waals surface area (Å²) in [5.41, 5.74) is 1.40. The van der Waals surface area contributed by atoms with Gasteiger partial charge in [-0.15, -0.1) is 0 Å². The Labute approximate surface area is 177 Å². The molecule has 3 rings (SSSR count). The van der Waals surface area contributed by atoms with Gasteiger partial charge < -0.3 is 25.5 Å². The number of ether oxygens (including phenoxy) is 2. The van der Waals surface area contributed by atoms with E-state index in [0.717, 1.165) is 31.9 Å². The van der Waals surface area contributed by atoms with Gasteiger partial charge in [-0.25, -0.2) is 4.79 Å². The molecule has 0 amide bonds. The zero-order valence-corrected chi connectivity index (χ0v) is 18.1. The SMILES string of the molecule is C1COCC[NH2+]1.CC1=C(C(=O)OC(C)(C)C)C(c2cccnc2)C(=C=[N-])C(=S)N1. The van der Waals surface area contributed by atoms with Crippen molar-refractivity contribution in [2.45, 2.75) is 39.2 Å². The highest BCUT2D eigenvalue weighted by atomic mass is 32.1. The standard InChI is InChI=1S/C17H18N3O2S.C4H9NO/c1-10-13(16(21)22-17(2,3)4)14(11-6-5-7-19-9-11)12(8-18)15(23)20-10;1-3-6-4-2-5-1/h5-7,9,14H,1-4H3,(H,20,23);5H,1-4H2/q-1;/p+1. The van der Waals surface area contributed by atoms with E-state index in [1.807, 2.05) is 6.07 Å². The van der Waals surface area contributed by atoms with Crippen LogP contribution in [0.1, 0.15) is 39.2 Å². The Morgan fingerprint density at radius 1 is 1.41 bits per heavy atom. The number of hydrogen-bond acceptors (Lipinski definition) is 5. The number of aromatic nitrogens is 1. The molecule has 3 heterocycles. The number of quaternary nitrogens is 1. The van der Waals surface area contributed by atoms with Gasteiger partial charge in [-0.05, 0) is 39.3 Å². The van der Waals surface area contributed by atoms with Crippen molar-refractivity contribution in [1.82, 2.24) is 10.3 Å². The maximum absolute atomic E-state index is 12.7. The normalized spacial score (nSPS) is 19.5. The zero-order chi connectivity index (χ0) is 21.4. The lowest BCUT2D eigenvalue weighted by atomic mass is 9.82. The predicted molar refractivity (Wildman–Crippen MR) is 116 cm³/mol. The Hall–Kier alpha value is -2.38. The van der Waals surface area contributed by atoms with Crippen LogP contribution in [0.4, 0.5) is 0 Å². The molecule has 29 heavy (non-hydrogen) atoms. The van der Waals surface area contributed by atoms with Crippen molar-refractivity contribution in [3.8, 4) is 0 Å². The van der Waals surface area contributed by atoms with Crippen LogP contribution in [0.15, 0.2) is 41.4 Å². The molecule has 0 aromatic carbocycles. The van der Waals surface area contributed by atoms with E-state index in [9.17, 15) is 10.2 Å². The second-order valence-electron chi connectivity index (χ2n) is 7.72. The van der Waals surface area contributed by atoms with Crippen LogP contribution in [0.25, 0.3) is 5.41 Å². The molecule has 2 aliphatic rings. The summed E-state index contributed by atoms with van der Waals surface area (Å²) in [5.74, 6) is 1.08. The van der Waals surface area contributed by atoms with E-state index < -0.39 is 17.5 Å². The topological polar surface area (TPSA) is 99.4 Å². The first kappa shape index (κ1) is 22.9. The highest BCUT2D eigenvalue weighted by Crippen LogP contribution is 2.36. The molecule has 0 aliphatic carbocycles. The predicted octanol–water partition coefficient (Wildman–Crippen LogP) is 1.46. The minimum Gasteiger partial charge on any atom is -0.763 e. The maximum atomic E-state index is 12.7. The summed E-state index contributed by atoms with van der Waals surface area (Å²) >= 11 is 5.25. The van der Waals surface area contributed by atoms with Crippen LogP contribution in [0.3, 0.4) is 0 Å². The molecular formula is C21H28N4O3S. The summed E-state index contributed by atoms with van der Waals surface area (Å²) in [7, 11) is 0. The smallest absolute Gasteiger partial charge is 0.337 e. The van der Waals surface area contributed by atoms with Crippen LogP contribution in [0.5, 0.6) is 0 Å². The molecule has 0 radical (unpaired) electrons. The number of morpholine rings is 1. The van der Waals surface area contributed by atoms with Crippen LogP contribution >= 0.6 is 12.2 Å². The highest BCUT2D eigenvalue weighted by Gasteiger charge is 2.36. The monoisotopic (exact) mass is 416 g/mol. The minimum absolute atomic E-state index is 0.319. The molecule has 1 aromatic heterocycles. The second-order valence-corrected chi connectivity index (χ2v) is 8.13. The van der Waals surface area contributed by atoms with E-state index in [1.54, 1.807) is 46.2 Å². The lowest BCUT2D eigenvalue weighted by Crippen LogP contribution is -2.87. The summed E-state index contributed by atoms with van der Waals surface area (Å²) in [6.45, 7) is 11.4. The lowest BCUT2D eigenvalue weighted by molar-refractivity contribution is -0.670. The fourth-order valence-corrected chi connectivity index (χ4v) is 3.29. The maximum Gasteiger partial charge on any atom is 0.337 e. The van der Waals surface area contributed by atoms with Crippen molar-refractivity contribution in [3.05, 3.63) is 52.3 Å². The van der Waals surface area contributed by atoms with Crippen molar-refractivity contribution in [1.29, 1.82) is 0 Å². The second kappa shape index (κ2) is 10.4. The number of carbonyl (C=O) groups is 1. The number of nitrogens with zero attached hydrogens (tertiary/aromatic N) is 2. The van der Waals surface area contributed by atoms with Gasteiger partial charge in [-0.3, -0.25) is 10.9 Å². The largest absolute Gasteiger partial charge is 0.763 e. The Balaban J connectivity index is 0.000000426.